The standard InChI is InChI=1S/C21H22FNO2/c22-20-9-4-2-7-17(20)15-25-21-11-10-16-6-1-3-8-18(16)19(21)14-23-12-5-13-24/h1-4,6-11,23-24H,5,12-15H2. The topological polar surface area (TPSA) is 41.5 Å². The third-order valence-electron chi connectivity index (χ3n) is 4.15. The van der Waals surface area contributed by atoms with Crippen LogP contribution < -0.4 is 10.1 Å². The molecule has 2 N–H and O–H groups in total. The molecule has 3 aromatic rings. The summed E-state index contributed by atoms with van der Waals surface area (Å²) < 4.78 is 19.8. The predicted octanol–water partition coefficient (Wildman–Crippen LogP) is 4.03. The van der Waals surface area contributed by atoms with E-state index in [9.17, 15) is 4.39 Å². The van der Waals surface area contributed by atoms with Gasteiger partial charge in [0.1, 0.15) is 18.2 Å². The quantitative estimate of drug-likeness (QED) is 0.609. The summed E-state index contributed by atoms with van der Waals surface area (Å²) in [5.74, 6) is 0.490. The SMILES string of the molecule is OCCCNCc1c(OCc2ccccc2F)ccc2ccccc12. The maximum Gasteiger partial charge on any atom is 0.129 e. The van der Waals surface area contributed by atoms with Gasteiger partial charge >= 0.3 is 0 Å². The molecule has 0 saturated carbocycles. The molecular weight excluding hydrogens is 317 g/mol. The minimum Gasteiger partial charge on any atom is -0.488 e. The molecule has 0 aliphatic heterocycles. The molecule has 130 valence electrons. The Labute approximate surface area is 147 Å². The number of hydrogen-bond acceptors (Lipinski definition) is 3. The summed E-state index contributed by atoms with van der Waals surface area (Å²) in [7, 11) is 0. The summed E-state index contributed by atoms with van der Waals surface area (Å²) in [4.78, 5) is 0. The highest BCUT2D eigenvalue weighted by molar-refractivity contribution is 5.87. The number of aliphatic hydroxyl groups excluding tert-OH is 1. The summed E-state index contributed by atoms with van der Waals surface area (Å²) in [5, 5.41) is 14.5. The van der Waals surface area contributed by atoms with Crippen molar-refractivity contribution < 1.29 is 14.2 Å². The Hall–Kier alpha value is -2.43. The van der Waals surface area contributed by atoms with E-state index in [0.29, 0.717) is 18.5 Å². The number of benzene rings is 3. The van der Waals surface area contributed by atoms with E-state index >= 15 is 0 Å². The van der Waals surface area contributed by atoms with Crippen LogP contribution in [0.5, 0.6) is 5.75 Å². The van der Waals surface area contributed by atoms with Crippen LogP contribution in [-0.2, 0) is 13.2 Å². The largest absolute Gasteiger partial charge is 0.488 e. The molecule has 0 unspecified atom stereocenters. The average Bonchev–Trinajstić information content (AvgIpc) is 2.65. The predicted molar refractivity (Wildman–Crippen MR) is 98.1 cm³/mol. The number of nitrogens with one attached hydrogen (secondary N) is 1. The van der Waals surface area contributed by atoms with Gasteiger partial charge < -0.3 is 15.2 Å². The molecule has 3 rings (SSSR count). The van der Waals surface area contributed by atoms with Gasteiger partial charge in [0, 0.05) is 24.3 Å². The van der Waals surface area contributed by atoms with Crippen molar-refractivity contribution in [2.75, 3.05) is 13.2 Å². The number of rotatable bonds is 8. The van der Waals surface area contributed by atoms with Crippen LogP contribution in [0, 0.1) is 5.82 Å². The molecule has 0 radical (unpaired) electrons. The van der Waals surface area contributed by atoms with Crippen molar-refractivity contribution in [3.05, 3.63) is 77.6 Å². The second-order valence-corrected chi connectivity index (χ2v) is 5.90. The molecule has 25 heavy (non-hydrogen) atoms. The maximum atomic E-state index is 13.8. The van der Waals surface area contributed by atoms with Gasteiger partial charge in [-0.1, -0.05) is 48.5 Å². The van der Waals surface area contributed by atoms with Crippen LogP contribution in [0.4, 0.5) is 4.39 Å². The summed E-state index contributed by atoms with van der Waals surface area (Å²) in [5.41, 5.74) is 1.59. The number of aliphatic hydroxyl groups is 1. The Bertz CT molecular complexity index is 835. The molecule has 0 aliphatic carbocycles. The highest BCUT2D eigenvalue weighted by Gasteiger charge is 2.10. The van der Waals surface area contributed by atoms with Gasteiger partial charge in [-0.15, -0.1) is 0 Å². The van der Waals surface area contributed by atoms with Crippen LogP contribution in [0.1, 0.15) is 17.5 Å². The van der Waals surface area contributed by atoms with Crippen molar-refractivity contribution in [1.82, 2.24) is 5.32 Å². The van der Waals surface area contributed by atoms with E-state index in [1.807, 2.05) is 24.3 Å². The zero-order valence-corrected chi connectivity index (χ0v) is 14.0. The van der Waals surface area contributed by atoms with Crippen LogP contribution in [0.2, 0.25) is 0 Å². The number of ether oxygens (including phenoxy) is 1. The van der Waals surface area contributed by atoms with Crippen LogP contribution in [0.3, 0.4) is 0 Å². The molecule has 0 aromatic heterocycles. The molecule has 0 atom stereocenters. The Balaban J connectivity index is 1.84. The zero-order chi connectivity index (χ0) is 17.5. The summed E-state index contributed by atoms with van der Waals surface area (Å²) >= 11 is 0. The summed E-state index contributed by atoms with van der Waals surface area (Å²) in [6.07, 6.45) is 0.705. The number of halogens is 1. The molecule has 0 heterocycles. The summed E-state index contributed by atoms with van der Waals surface area (Å²) in [6.45, 7) is 1.72. The van der Waals surface area contributed by atoms with Crippen LogP contribution in [-0.4, -0.2) is 18.3 Å². The lowest BCUT2D eigenvalue weighted by Gasteiger charge is -2.15. The second-order valence-electron chi connectivity index (χ2n) is 5.90. The molecule has 3 aromatic carbocycles. The van der Waals surface area contributed by atoms with Gasteiger partial charge in [0.2, 0.25) is 0 Å². The van der Waals surface area contributed by atoms with Crippen LogP contribution in [0.25, 0.3) is 10.8 Å². The molecule has 0 fully saturated rings. The molecule has 4 heteroatoms. The molecule has 0 bridgehead atoms. The van der Waals surface area contributed by atoms with Crippen molar-refractivity contribution in [3.8, 4) is 5.75 Å². The Morgan fingerprint density at radius 2 is 1.76 bits per heavy atom. The molecular formula is C21H22FNO2. The van der Waals surface area contributed by atoms with Crippen molar-refractivity contribution in [1.29, 1.82) is 0 Å². The molecule has 0 aliphatic rings. The van der Waals surface area contributed by atoms with E-state index in [4.69, 9.17) is 9.84 Å². The Kier molecular flexibility index (Phi) is 5.99. The van der Waals surface area contributed by atoms with Gasteiger partial charge in [-0.3, -0.25) is 0 Å². The monoisotopic (exact) mass is 339 g/mol. The van der Waals surface area contributed by atoms with Gasteiger partial charge in [0.25, 0.3) is 0 Å². The van der Waals surface area contributed by atoms with E-state index in [-0.39, 0.29) is 19.0 Å². The first-order chi connectivity index (χ1) is 12.3. The third kappa shape index (κ3) is 4.35. The maximum absolute atomic E-state index is 13.8. The summed E-state index contributed by atoms with van der Waals surface area (Å²) in [6, 6.07) is 18.7. The molecule has 0 saturated heterocycles. The fraction of sp³-hybridized carbons (Fsp3) is 0.238. The lowest BCUT2D eigenvalue weighted by atomic mass is 10.0. The minimum absolute atomic E-state index is 0.166. The van der Waals surface area contributed by atoms with E-state index in [1.165, 1.54) is 6.07 Å². The first-order valence-electron chi connectivity index (χ1n) is 8.48. The lowest BCUT2D eigenvalue weighted by Crippen LogP contribution is -2.16. The Morgan fingerprint density at radius 1 is 0.960 bits per heavy atom. The van der Waals surface area contributed by atoms with Crippen molar-refractivity contribution in [3.63, 3.8) is 0 Å². The molecule has 3 nitrogen and oxygen atoms in total. The van der Waals surface area contributed by atoms with E-state index < -0.39 is 0 Å². The highest BCUT2D eigenvalue weighted by Crippen LogP contribution is 2.29. The van der Waals surface area contributed by atoms with E-state index in [1.54, 1.807) is 18.2 Å². The number of fused-ring (bicyclic) bond motifs is 1. The smallest absolute Gasteiger partial charge is 0.129 e. The van der Waals surface area contributed by atoms with Gasteiger partial charge in [-0.25, -0.2) is 4.39 Å². The first-order valence-corrected chi connectivity index (χ1v) is 8.48. The van der Waals surface area contributed by atoms with E-state index in [2.05, 4.69) is 17.4 Å². The van der Waals surface area contributed by atoms with Crippen molar-refractivity contribution >= 4 is 10.8 Å². The fourth-order valence-corrected chi connectivity index (χ4v) is 2.82. The Morgan fingerprint density at radius 3 is 2.60 bits per heavy atom. The van der Waals surface area contributed by atoms with Crippen molar-refractivity contribution in [2.24, 2.45) is 0 Å². The van der Waals surface area contributed by atoms with Crippen LogP contribution in [0.15, 0.2) is 60.7 Å². The van der Waals surface area contributed by atoms with Crippen molar-refractivity contribution in [2.45, 2.75) is 19.6 Å². The van der Waals surface area contributed by atoms with E-state index in [0.717, 1.165) is 28.6 Å². The van der Waals surface area contributed by atoms with Gasteiger partial charge in [-0.05, 0) is 35.9 Å². The van der Waals surface area contributed by atoms with Gasteiger partial charge in [0.15, 0.2) is 0 Å². The molecule has 0 amide bonds. The average molecular weight is 339 g/mol. The highest BCUT2D eigenvalue weighted by atomic mass is 19.1. The first kappa shape index (κ1) is 17.4. The number of hydrogen-bond donors (Lipinski definition) is 2. The normalized spacial score (nSPS) is 11.0. The molecule has 0 spiro atoms. The lowest BCUT2D eigenvalue weighted by molar-refractivity contribution is 0.284. The van der Waals surface area contributed by atoms with Crippen LogP contribution >= 0.6 is 0 Å². The zero-order valence-electron chi connectivity index (χ0n) is 14.0. The third-order valence-corrected chi connectivity index (χ3v) is 4.15. The fourth-order valence-electron chi connectivity index (χ4n) is 2.82. The van der Waals surface area contributed by atoms with Gasteiger partial charge in [-0.2, -0.15) is 0 Å². The minimum atomic E-state index is -0.258. The van der Waals surface area contributed by atoms with Gasteiger partial charge in [0.05, 0.1) is 0 Å². The second kappa shape index (κ2) is 8.60.